The third-order valence-corrected chi connectivity index (χ3v) is 5.08. The first-order valence-corrected chi connectivity index (χ1v) is 7.64. The highest BCUT2D eigenvalue weighted by Gasteiger charge is 2.23. The van der Waals surface area contributed by atoms with Gasteiger partial charge in [-0.1, -0.05) is 24.9 Å². The topological polar surface area (TPSA) is 63.4 Å². The molecule has 0 unspecified atom stereocenters. The smallest absolute Gasteiger partial charge is 0.243 e. The Bertz CT molecular complexity index is 529. The second-order valence-electron chi connectivity index (χ2n) is 4.30. The van der Waals surface area contributed by atoms with E-state index in [1.807, 2.05) is 6.92 Å². The first-order valence-electron chi connectivity index (χ1n) is 5.82. The molecule has 0 aromatic heterocycles. The minimum Gasteiger partial charge on any atom is -0.398 e. The van der Waals surface area contributed by atoms with Crippen LogP contribution in [0.4, 0.5) is 5.69 Å². The van der Waals surface area contributed by atoms with Crippen molar-refractivity contribution >= 4 is 27.3 Å². The van der Waals surface area contributed by atoms with Crippen LogP contribution in [0.5, 0.6) is 0 Å². The van der Waals surface area contributed by atoms with Crippen molar-refractivity contribution in [3.05, 3.63) is 22.7 Å². The predicted octanol–water partition coefficient (Wildman–Crippen LogP) is 2.65. The maximum absolute atomic E-state index is 12.4. The lowest BCUT2D eigenvalue weighted by Crippen LogP contribution is -2.28. The average molecular weight is 291 g/mol. The number of hydrogen-bond donors (Lipinski definition) is 1. The zero-order valence-electron chi connectivity index (χ0n) is 10.9. The average Bonchev–Trinajstić information content (AvgIpc) is 2.30. The molecule has 0 aliphatic carbocycles. The second-order valence-corrected chi connectivity index (χ2v) is 6.75. The molecule has 18 heavy (non-hydrogen) atoms. The summed E-state index contributed by atoms with van der Waals surface area (Å²) in [6.07, 6.45) is 1.77. The number of nitrogen functional groups attached to an aromatic ring is 1. The number of sulfonamides is 1. The van der Waals surface area contributed by atoms with Gasteiger partial charge in [0.15, 0.2) is 0 Å². The summed E-state index contributed by atoms with van der Waals surface area (Å²) >= 11 is 5.87. The predicted molar refractivity (Wildman–Crippen MR) is 75.3 cm³/mol. The summed E-state index contributed by atoms with van der Waals surface area (Å²) in [7, 11) is -1.95. The van der Waals surface area contributed by atoms with Crippen LogP contribution in [0.3, 0.4) is 0 Å². The van der Waals surface area contributed by atoms with E-state index in [4.69, 9.17) is 17.3 Å². The van der Waals surface area contributed by atoms with E-state index in [0.29, 0.717) is 22.8 Å². The molecule has 4 nitrogen and oxygen atoms in total. The molecule has 1 aromatic carbocycles. The van der Waals surface area contributed by atoms with Crippen LogP contribution in [0.25, 0.3) is 0 Å². The SMILES string of the molecule is CCCCN(C)S(=O)(=O)c1cc(Cl)cc(N)c1C. The Kier molecular flexibility index (Phi) is 5.01. The van der Waals surface area contributed by atoms with Gasteiger partial charge in [0, 0.05) is 24.3 Å². The molecule has 0 atom stereocenters. The van der Waals surface area contributed by atoms with Gasteiger partial charge >= 0.3 is 0 Å². The lowest BCUT2D eigenvalue weighted by molar-refractivity contribution is 0.459. The lowest BCUT2D eigenvalue weighted by Gasteiger charge is -2.19. The molecular formula is C12H19ClN2O2S. The van der Waals surface area contributed by atoms with Crippen molar-refractivity contribution in [2.24, 2.45) is 0 Å². The van der Waals surface area contributed by atoms with Crippen LogP contribution in [-0.4, -0.2) is 26.3 Å². The van der Waals surface area contributed by atoms with Gasteiger partial charge in [0.2, 0.25) is 10.0 Å². The Hall–Kier alpha value is -0.780. The van der Waals surface area contributed by atoms with Crippen LogP contribution < -0.4 is 5.73 Å². The quantitative estimate of drug-likeness (QED) is 0.848. The summed E-state index contributed by atoms with van der Waals surface area (Å²) in [6.45, 7) is 4.19. The van der Waals surface area contributed by atoms with E-state index in [-0.39, 0.29) is 4.90 Å². The molecule has 0 saturated heterocycles. The van der Waals surface area contributed by atoms with Crippen LogP contribution in [-0.2, 0) is 10.0 Å². The third-order valence-electron chi connectivity index (χ3n) is 2.88. The summed E-state index contributed by atoms with van der Waals surface area (Å²) in [4.78, 5) is 0.186. The van der Waals surface area contributed by atoms with Crippen molar-refractivity contribution in [1.82, 2.24) is 4.31 Å². The Morgan fingerprint density at radius 1 is 1.39 bits per heavy atom. The van der Waals surface area contributed by atoms with Crippen LogP contribution in [0.15, 0.2) is 17.0 Å². The molecule has 0 aliphatic rings. The van der Waals surface area contributed by atoms with E-state index >= 15 is 0 Å². The van der Waals surface area contributed by atoms with E-state index in [1.165, 1.54) is 10.4 Å². The van der Waals surface area contributed by atoms with Crippen LogP contribution in [0.1, 0.15) is 25.3 Å². The standard InChI is InChI=1S/C12H19ClN2O2S/c1-4-5-6-15(3)18(16,17)12-8-10(13)7-11(14)9(12)2/h7-8H,4-6,14H2,1-3H3. The number of hydrogen-bond acceptors (Lipinski definition) is 3. The molecular weight excluding hydrogens is 272 g/mol. The van der Waals surface area contributed by atoms with E-state index in [2.05, 4.69) is 0 Å². The molecule has 6 heteroatoms. The number of benzene rings is 1. The summed E-state index contributed by atoms with van der Waals surface area (Å²) in [6, 6.07) is 3.01. The van der Waals surface area contributed by atoms with E-state index < -0.39 is 10.0 Å². The maximum atomic E-state index is 12.4. The molecule has 1 rings (SSSR count). The number of nitrogens with zero attached hydrogens (tertiary/aromatic N) is 1. The fraction of sp³-hybridized carbons (Fsp3) is 0.500. The van der Waals surface area contributed by atoms with Gasteiger partial charge in [-0.2, -0.15) is 0 Å². The molecule has 102 valence electrons. The van der Waals surface area contributed by atoms with E-state index in [0.717, 1.165) is 12.8 Å². The summed E-state index contributed by atoms with van der Waals surface area (Å²) < 4.78 is 26.1. The van der Waals surface area contributed by atoms with Gasteiger partial charge in [0.1, 0.15) is 0 Å². The molecule has 0 amide bonds. The fourth-order valence-corrected chi connectivity index (χ4v) is 3.39. The van der Waals surface area contributed by atoms with Crippen LogP contribution in [0, 0.1) is 6.92 Å². The molecule has 0 fully saturated rings. The van der Waals surface area contributed by atoms with E-state index in [9.17, 15) is 8.42 Å². The normalized spacial score (nSPS) is 12.1. The van der Waals surface area contributed by atoms with E-state index in [1.54, 1.807) is 20.0 Å². The van der Waals surface area contributed by atoms with Gasteiger partial charge in [-0.25, -0.2) is 12.7 Å². The Morgan fingerprint density at radius 2 is 2.00 bits per heavy atom. The number of halogens is 1. The number of nitrogens with two attached hydrogens (primary N) is 1. The monoisotopic (exact) mass is 290 g/mol. The largest absolute Gasteiger partial charge is 0.398 e. The van der Waals surface area contributed by atoms with Crippen molar-refractivity contribution in [2.45, 2.75) is 31.6 Å². The van der Waals surface area contributed by atoms with Crippen LogP contribution in [0.2, 0.25) is 5.02 Å². The number of anilines is 1. The number of unbranched alkanes of at least 4 members (excludes halogenated alkanes) is 1. The zero-order valence-corrected chi connectivity index (χ0v) is 12.5. The first-order chi connectivity index (χ1) is 8.30. The second kappa shape index (κ2) is 5.91. The summed E-state index contributed by atoms with van der Waals surface area (Å²) in [5, 5.41) is 0.334. The lowest BCUT2D eigenvalue weighted by atomic mass is 10.2. The summed E-state index contributed by atoms with van der Waals surface area (Å²) in [5.41, 5.74) is 6.69. The van der Waals surface area contributed by atoms with Gasteiger partial charge in [0.25, 0.3) is 0 Å². The molecule has 0 radical (unpaired) electrons. The van der Waals surface area contributed by atoms with Crippen LogP contribution >= 0.6 is 11.6 Å². The minimum absolute atomic E-state index is 0.186. The first kappa shape index (κ1) is 15.3. The van der Waals surface area contributed by atoms with Gasteiger partial charge in [0.05, 0.1) is 4.90 Å². The fourth-order valence-electron chi connectivity index (χ4n) is 1.61. The van der Waals surface area contributed by atoms with Gasteiger partial charge in [-0.15, -0.1) is 0 Å². The Balaban J connectivity index is 3.20. The molecule has 0 spiro atoms. The molecule has 0 bridgehead atoms. The Labute approximate surface area is 114 Å². The molecule has 2 N–H and O–H groups in total. The Morgan fingerprint density at radius 3 is 2.56 bits per heavy atom. The van der Waals surface area contributed by atoms with Crippen molar-refractivity contribution in [1.29, 1.82) is 0 Å². The van der Waals surface area contributed by atoms with Crippen molar-refractivity contribution < 1.29 is 8.42 Å². The van der Waals surface area contributed by atoms with Gasteiger partial charge in [-0.3, -0.25) is 0 Å². The molecule has 0 saturated carbocycles. The number of rotatable bonds is 5. The molecule has 0 aliphatic heterocycles. The van der Waals surface area contributed by atoms with Crippen molar-refractivity contribution in [3.63, 3.8) is 0 Å². The molecule has 1 aromatic rings. The van der Waals surface area contributed by atoms with Crippen molar-refractivity contribution in [3.8, 4) is 0 Å². The van der Waals surface area contributed by atoms with Crippen molar-refractivity contribution in [2.75, 3.05) is 19.3 Å². The maximum Gasteiger partial charge on any atom is 0.243 e. The highest BCUT2D eigenvalue weighted by atomic mass is 35.5. The third kappa shape index (κ3) is 3.16. The highest BCUT2D eigenvalue weighted by molar-refractivity contribution is 7.89. The highest BCUT2D eigenvalue weighted by Crippen LogP contribution is 2.27. The molecule has 0 heterocycles. The summed E-state index contributed by atoms with van der Waals surface area (Å²) in [5.74, 6) is 0. The van der Waals surface area contributed by atoms with Gasteiger partial charge in [-0.05, 0) is 31.0 Å². The van der Waals surface area contributed by atoms with Gasteiger partial charge < -0.3 is 5.73 Å². The minimum atomic E-state index is -3.52. The zero-order chi connectivity index (χ0) is 13.9.